The molecule has 0 aliphatic carbocycles. The average molecular weight is 441 g/mol. The fraction of sp³-hybridized carbons (Fsp3) is 0.185. The maximum atomic E-state index is 13.0. The van der Waals surface area contributed by atoms with Gasteiger partial charge < -0.3 is 9.64 Å². The standard InChI is InChI=1S/C27H24N2O2S/c1-18-8-6-7-11-22(18)16-29-24-15-21(12-13-25(24)31-19(2)27(29)30)23-17-32-26(28-23)14-20-9-4-3-5-10-20/h3-13,15,17,19H,14,16H2,1-2H3. The summed E-state index contributed by atoms with van der Waals surface area (Å²) in [6, 6.07) is 24.5. The van der Waals surface area contributed by atoms with Gasteiger partial charge in [0.1, 0.15) is 5.75 Å². The van der Waals surface area contributed by atoms with Crippen LogP contribution in [0, 0.1) is 6.92 Å². The molecule has 1 aromatic heterocycles. The van der Waals surface area contributed by atoms with E-state index in [0.717, 1.165) is 39.7 Å². The molecule has 0 saturated carbocycles. The highest BCUT2D eigenvalue weighted by atomic mass is 32.1. The lowest BCUT2D eigenvalue weighted by Crippen LogP contribution is -2.44. The van der Waals surface area contributed by atoms with Crippen LogP contribution in [0.3, 0.4) is 0 Å². The lowest BCUT2D eigenvalue weighted by molar-refractivity contribution is -0.125. The molecule has 2 heterocycles. The predicted octanol–water partition coefficient (Wildman–Crippen LogP) is 6.02. The van der Waals surface area contributed by atoms with Crippen LogP contribution in [-0.2, 0) is 17.8 Å². The van der Waals surface area contributed by atoms with Gasteiger partial charge >= 0.3 is 0 Å². The Kier molecular flexibility index (Phi) is 5.50. The molecule has 4 aromatic rings. The number of thiazole rings is 1. The van der Waals surface area contributed by atoms with E-state index in [2.05, 4.69) is 36.6 Å². The first kappa shape index (κ1) is 20.5. The number of hydrogen-bond donors (Lipinski definition) is 0. The summed E-state index contributed by atoms with van der Waals surface area (Å²) in [6.45, 7) is 4.40. The van der Waals surface area contributed by atoms with Crippen molar-refractivity contribution in [3.63, 3.8) is 0 Å². The van der Waals surface area contributed by atoms with Gasteiger partial charge in [0.25, 0.3) is 5.91 Å². The second-order valence-electron chi connectivity index (χ2n) is 8.08. The van der Waals surface area contributed by atoms with Crippen molar-refractivity contribution in [2.24, 2.45) is 0 Å². The molecule has 0 saturated heterocycles. The minimum absolute atomic E-state index is 0.0269. The van der Waals surface area contributed by atoms with Crippen molar-refractivity contribution < 1.29 is 9.53 Å². The van der Waals surface area contributed by atoms with Crippen LogP contribution in [0.1, 0.15) is 28.6 Å². The fourth-order valence-electron chi connectivity index (χ4n) is 3.98. The van der Waals surface area contributed by atoms with E-state index < -0.39 is 6.10 Å². The van der Waals surface area contributed by atoms with E-state index in [1.165, 1.54) is 11.1 Å². The first-order valence-electron chi connectivity index (χ1n) is 10.7. The van der Waals surface area contributed by atoms with Gasteiger partial charge in [0.2, 0.25) is 0 Å². The van der Waals surface area contributed by atoms with E-state index in [-0.39, 0.29) is 5.91 Å². The van der Waals surface area contributed by atoms with Crippen molar-refractivity contribution >= 4 is 22.9 Å². The Morgan fingerprint density at radius 3 is 2.62 bits per heavy atom. The summed E-state index contributed by atoms with van der Waals surface area (Å²) in [5, 5.41) is 3.15. The van der Waals surface area contributed by atoms with Crippen LogP contribution >= 0.6 is 11.3 Å². The number of aryl methyl sites for hydroxylation is 1. The molecule has 0 fully saturated rings. The SMILES string of the molecule is Cc1ccccc1CN1C(=O)C(C)Oc2ccc(-c3csc(Cc4ccccc4)n3)cc21. The number of fused-ring (bicyclic) bond motifs is 1. The van der Waals surface area contributed by atoms with Crippen molar-refractivity contribution in [3.8, 4) is 17.0 Å². The molecule has 32 heavy (non-hydrogen) atoms. The molecule has 1 amide bonds. The third-order valence-corrected chi connectivity index (χ3v) is 6.65. The van der Waals surface area contributed by atoms with Crippen LogP contribution < -0.4 is 9.64 Å². The molecular formula is C27H24N2O2S. The Bertz CT molecular complexity index is 1270. The van der Waals surface area contributed by atoms with Crippen LogP contribution in [0.25, 0.3) is 11.3 Å². The Hall–Kier alpha value is -3.44. The highest BCUT2D eigenvalue weighted by Gasteiger charge is 2.32. The van der Waals surface area contributed by atoms with Crippen molar-refractivity contribution in [2.75, 3.05) is 4.90 Å². The lowest BCUT2D eigenvalue weighted by atomic mass is 10.0. The molecule has 1 unspecified atom stereocenters. The van der Waals surface area contributed by atoms with Crippen LogP contribution in [0.5, 0.6) is 5.75 Å². The summed E-state index contributed by atoms with van der Waals surface area (Å²) in [4.78, 5) is 19.7. The zero-order valence-corrected chi connectivity index (χ0v) is 18.9. The van der Waals surface area contributed by atoms with Crippen LogP contribution in [0.15, 0.2) is 78.2 Å². The van der Waals surface area contributed by atoms with Gasteiger partial charge in [0, 0.05) is 17.4 Å². The number of ether oxygens (including phenoxy) is 1. The van der Waals surface area contributed by atoms with Crippen molar-refractivity contribution in [1.82, 2.24) is 4.98 Å². The molecule has 5 rings (SSSR count). The third kappa shape index (κ3) is 4.04. The monoisotopic (exact) mass is 440 g/mol. The van der Waals surface area contributed by atoms with Crippen molar-refractivity contribution in [2.45, 2.75) is 32.9 Å². The maximum Gasteiger partial charge on any atom is 0.268 e. The van der Waals surface area contributed by atoms with Crippen LogP contribution in [-0.4, -0.2) is 17.0 Å². The normalized spacial score (nSPS) is 15.4. The van der Waals surface area contributed by atoms with E-state index in [0.29, 0.717) is 6.54 Å². The minimum Gasteiger partial charge on any atom is -0.479 e. The van der Waals surface area contributed by atoms with E-state index in [9.17, 15) is 4.79 Å². The van der Waals surface area contributed by atoms with E-state index >= 15 is 0 Å². The maximum absolute atomic E-state index is 13.0. The van der Waals surface area contributed by atoms with Crippen LogP contribution in [0.2, 0.25) is 0 Å². The first-order chi connectivity index (χ1) is 15.6. The topological polar surface area (TPSA) is 42.4 Å². The highest BCUT2D eigenvalue weighted by Crippen LogP contribution is 2.38. The quantitative estimate of drug-likeness (QED) is 0.381. The Balaban J connectivity index is 1.47. The van der Waals surface area contributed by atoms with E-state index in [4.69, 9.17) is 9.72 Å². The van der Waals surface area contributed by atoms with Crippen LogP contribution in [0.4, 0.5) is 5.69 Å². The van der Waals surface area contributed by atoms with E-state index in [1.54, 1.807) is 18.3 Å². The van der Waals surface area contributed by atoms with Crippen molar-refractivity contribution in [3.05, 3.63) is 99.9 Å². The molecule has 1 aliphatic heterocycles. The van der Waals surface area contributed by atoms with Gasteiger partial charge in [-0.2, -0.15) is 0 Å². The second kappa shape index (κ2) is 8.60. The largest absolute Gasteiger partial charge is 0.479 e. The molecule has 0 bridgehead atoms. The van der Waals surface area contributed by atoms with Gasteiger partial charge in [0.05, 0.1) is 22.9 Å². The molecule has 1 aliphatic rings. The smallest absolute Gasteiger partial charge is 0.268 e. The fourth-order valence-corrected chi connectivity index (χ4v) is 4.82. The van der Waals surface area contributed by atoms with Gasteiger partial charge in [-0.3, -0.25) is 4.79 Å². The van der Waals surface area contributed by atoms with Gasteiger partial charge in [-0.05, 0) is 48.7 Å². The van der Waals surface area contributed by atoms with Gasteiger partial charge in [-0.25, -0.2) is 4.98 Å². The zero-order chi connectivity index (χ0) is 22.1. The third-order valence-electron chi connectivity index (χ3n) is 5.80. The summed E-state index contributed by atoms with van der Waals surface area (Å²) >= 11 is 1.66. The predicted molar refractivity (Wildman–Crippen MR) is 129 cm³/mol. The molecular weight excluding hydrogens is 416 g/mol. The number of anilines is 1. The molecule has 5 heteroatoms. The molecule has 4 nitrogen and oxygen atoms in total. The number of carbonyl (C=O) groups is 1. The number of nitrogens with zero attached hydrogens (tertiary/aromatic N) is 2. The number of aromatic nitrogens is 1. The zero-order valence-electron chi connectivity index (χ0n) is 18.1. The highest BCUT2D eigenvalue weighted by molar-refractivity contribution is 7.10. The summed E-state index contributed by atoms with van der Waals surface area (Å²) in [7, 11) is 0. The summed E-state index contributed by atoms with van der Waals surface area (Å²) in [6.07, 6.45) is 0.309. The minimum atomic E-state index is -0.505. The van der Waals surface area contributed by atoms with Crippen molar-refractivity contribution in [1.29, 1.82) is 0 Å². The molecule has 0 radical (unpaired) electrons. The van der Waals surface area contributed by atoms with Gasteiger partial charge in [0.15, 0.2) is 6.10 Å². The number of amides is 1. The number of benzene rings is 3. The molecule has 0 N–H and O–H groups in total. The number of rotatable bonds is 5. The first-order valence-corrected chi connectivity index (χ1v) is 11.6. The molecule has 0 spiro atoms. The Morgan fingerprint density at radius 2 is 1.81 bits per heavy atom. The summed E-state index contributed by atoms with van der Waals surface area (Å²) in [5.74, 6) is 0.704. The second-order valence-corrected chi connectivity index (χ2v) is 9.02. The molecule has 3 aromatic carbocycles. The van der Waals surface area contributed by atoms with Gasteiger partial charge in [-0.15, -0.1) is 11.3 Å². The summed E-state index contributed by atoms with van der Waals surface area (Å²) < 4.78 is 5.91. The molecule has 160 valence electrons. The number of hydrogen-bond acceptors (Lipinski definition) is 4. The average Bonchev–Trinajstić information content (AvgIpc) is 3.27. The Labute approximate surface area is 192 Å². The van der Waals surface area contributed by atoms with Gasteiger partial charge in [-0.1, -0.05) is 54.6 Å². The Morgan fingerprint density at radius 1 is 1.03 bits per heavy atom. The number of carbonyl (C=O) groups excluding carboxylic acids is 1. The van der Waals surface area contributed by atoms with E-state index in [1.807, 2.05) is 53.4 Å². The molecule has 1 atom stereocenters. The summed E-state index contributed by atoms with van der Waals surface area (Å²) in [5.41, 5.74) is 6.25. The lowest BCUT2D eigenvalue weighted by Gasteiger charge is -2.33.